The lowest BCUT2D eigenvalue weighted by Crippen LogP contribution is -2.23. The number of carbonyl (C=O) groups excluding carboxylic acids is 1. The Morgan fingerprint density at radius 1 is 1.15 bits per heavy atom. The number of carbonyl (C=O) groups is 1. The Kier molecular flexibility index (Phi) is 4.28. The van der Waals surface area contributed by atoms with E-state index >= 15 is 0 Å². The molecule has 5 nitrogen and oxygen atoms in total. The second-order valence-electron chi connectivity index (χ2n) is 6.48. The van der Waals surface area contributed by atoms with Crippen LogP contribution in [-0.4, -0.2) is 24.8 Å². The SMILES string of the molecule is COc1cccc2c1OC(C)C(C=C1C(=O)N(c3ccccc3)N=C1C)=C2. The number of methoxy groups -OCH3 is 1. The molecule has 0 saturated heterocycles. The molecule has 1 unspecified atom stereocenters. The molecule has 2 heterocycles. The summed E-state index contributed by atoms with van der Waals surface area (Å²) in [4.78, 5) is 12.9. The molecule has 4 rings (SSSR count). The van der Waals surface area contributed by atoms with Crippen LogP contribution in [0.2, 0.25) is 0 Å². The van der Waals surface area contributed by atoms with Gasteiger partial charge in [-0.3, -0.25) is 4.79 Å². The summed E-state index contributed by atoms with van der Waals surface area (Å²) in [5.74, 6) is 1.29. The summed E-state index contributed by atoms with van der Waals surface area (Å²) in [6.45, 7) is 3.80. The van der Waals surface area contributed by atoms with E-state index in [0.717, 1.165) is 22.6 Å². The van der Waals surface area contributed by atoms with Crippen LogP contribution in [0.25, 0.3) is 6.08 Å². The lowest BCUT2D eigenvalue weighted by molar-refractivity contribution is -0.114. The second kappa shape index (κ2) is 6.76. The predicted molar refractivity (Wildman–Crippen MR) is 106 cm³/mol. The molecule has 0 spiro atoms. The number of benzene rings is 2. The highest BCUT2D eigenvalue weighted by molar-refractivity contribution is 6.30. The van der Waals surface area contributed by atoms with Crippen LogP contribution in [0.5, 0.6) is 11.5 Å². The molecule has 0 aromatic heterocycles. The molecule has 1 amide bonds. The van der Waals surface area contributed by atoms with Crippen molar-refractivity contribution >= 4 is 23.4 Å². The van der Waals surface area contributed by atoms with Gasteiger partial charge in [0.05, 0.1) is 24.1 Å². The number of rotatable bonds is 3. The lowest BCUT2D eigenvalue weighted by atomic mass is 9.98. The van der Waals surface area contributed by atoms with E-state index in [4.69, 9.17) is 9.47 Å². The summed E-state index contributed by atoms with van der Waals surface area (Å²) < 4.78 is 11.4. The van der Waals surface area contributed by atoms with Crippen LogP contribution >= 0.6 is 0 Å². The van der Waals surface area contributed by atoms with E-state index in [1.165, 1.54) is 5.01 Å². The van der Waals surface area contributed by atoms with Gasteiger partial charge in [-0.1, -0.05) is 30.3 Å². The molecule has 136 valence electrons. The third-order valence-electron chi connectivity index (χ3n) is 4.69. The fourth-order valence-electron chi connectivity index (χ4n) is 3.23. The van der Waals surface area contributed by atoms with Gasteiger partial charge in [0.15, 0.2) is 11.5 Å². The van der Waals surface area contributed by atoms with Crippen LogP contribution in [0, 0.1) is 0 Å². The molecule has 2 aliphatic heterocycles. The molecule has 2 aromatic carbocycles. The fraction of sp³-hybridized carbons (Fsp3) is 0.182. The van der Waals surface area contributed by atoms with E-state index in [1.54, 1.807) is 7.11 Å². The number of hydrogen-bond acceptors (Lipinski definition) is 4. The first-order valence-electron chi connectivity index (χ1n) is 8.80. The Bertz CT molecular complexity index is 990. The van der Waals surface area contributed by atoms with Crippen molar-refractivity contribution in [2.24, 2.45) is 5.10 Å². The third-order valence-corrected chi connectivity index (χ3v) is 4.69. The highest BCUT2D eigenvalue weighted by atomic mass is 16.5. The summed E-state index contributed by atoms with van der Waals surface area (Å²) in [5, 5.41) is 5.87. The maximum Gasteiger partial charge on any atom is 0.280 e. The van der Waals surface area contributed by atoms with Gasteiger partial charge in [-0.2, -0.15) is 10.1 Å². The molecular weight excluding hydrogens is 340 g/mol. The molecule has 1 atom stereocenters. The zero-order chi connectivity index (χ0) is 19.0. The Balaban J connectivity index is 1.70. The number of hydrogen-bond donors (Lipinski definition) is 0. The van der Waals surface area contributed by atoms with Gasteiger partial charge >= 0.3 is 0 Å². The van der Waals surface area contributed by atoms with Crippen molar-refractivity contribution in [3.8, 4) is 11.5 Å². The lowest BCUT2D eigenvalue weighted by Gasteiger charge is -2.24. The number of amides is 1. The zero-order valence-electron chi connectivity index (χ0n) is 15.5. The first-order chi connectivity index (χ1) is 13.1. The van der Waals surface area contributed by atoms with Crippen LogP contribution in [0.4, 0.5) is 5.69 Å². The van der Waals surface area contributed by atoms with E-state index < -0.39 is 0 Å². The molecular formula is C22H20N2O3. The Morgan fingerprint density at radius 3 is 2.67 bits per heavy atom. The first kappa shape index (κ1) is 17.1. The van der Waals surface area contributed by atoms with Crippen molar-refractivity contribution < 1.29 is 14.3 Å². The predicted octanol–water partition coefficient (Wildman–Crippen LogP) is 4.21. The summed E-state index contributed by atoms with van der Waals surface area (Å²) in [6.07, 6.45) is 3.70. The molecule has 0 fully saturated rings. The topological polar surface area (TPSA) is 51.1 Å². The van der Waals surface area contributed by atoms with Crippen LogP contribution in [0.3, 0.4) is 0 Å². The maximum atomic E-state index is 12.9. The average Bonchev–Trinajstić information content (AvgIpc) is 2.97. The Labute approximate surface area is 158 Å². The zero-order valence-corrected chi connectivity index (χ0v) is 15.5. The van der Waals surface area contributed by atoms with E-state index in [-0.39, 0.29) is 12.0 Å². The quantitative estimate of drug-likeness (QED) is 0.771. The minimum absolute atomic E-state index is 0.136. The second-order valence-corrected chi connectivity index (χ2v) is 6.48. The summed E-state index contributed by atoms with van der Waals surface area (Å²) in [6, 6.07) is 15.2. The van der Waals surface area contributed by atoms with Gasteiger partial charge in [-0.15, -0.1) is 0 Å². The van der Waals surface area contributed by atoms with E-state index in [2.05, 4.69) is 5.10 Å². The molecule has 5 heteroatoms. The molecule has 2 aromatic rings. The van der Waals surface area contributed by atoms with Crippen molar-refractivity contribution in [2.75, 3.05) is 12.1 Å². The largest absolute Gasteiger partial charge is 0.493 e. The van der Waals surface area contributed by atoms with E-state index in [0.29, 0.717) is 17.0 Å². The Hall–Kier alpha value is -3.34. The molecule has 0 aliphatic carbocycles. The number of hydrazone groups is 1. The first-order valence-corrected chi connectivity index (χ1v) is 8.80. The van der Waals surface area contributed by atoms with Crippen molar-refractivity contribution in [1.82, 2.24) is 0 Å². The summed E-state index contributed by atoms with van der Waals surface area (Å²) >= 11 is 0. The van der Waals surface area contributed by atoms with Crippen LogP contribution in [0.15, 0.2) is 70.9 Å². The van der Waals surface area contributed by atoms with Crippen LogP contribution in [0.1, 0.15) is 19.4 Å². The van der Waals surface area contributed by atoms with E-state index in [1.807, 2.05) is 74.5 Å². The normalized spacial score (nSPS) is 20.1. The van der Waals surface area contributed by atoms with Gasteiger partial charge in [-0.05, 0) is 49.8 Å². The number of ether oxygens (including phenoxy) is 2. The molecule has 2 aliphatic rings. The summed E-state index contributed by atoms with van der Waals surface area (Å²) in [5.41, 5.74) is 3.87. The highest BCUT2D eigenvalue weighted by Crippen LogP contribution is 2.38. The third kappa shape index (κ3) is 3.01. The Morgan fingerprint density at radius 2 is 1.93 bits per heavy atom. The molecule has 27 heavy (non-hydrogen) atoms. The molecule has 0 N–H and O–H groups in total. The van der Waals surface area contributed by atoms with Crippen molar-refractivity contribution in [1.29, 1.82) is 0 Å². The summed E-state index contributed by atoms with van der Waals surface area (Å²) in [7, 11) is 1.63. The number of anilines is 1. The van der Waals surface area contributed by atoms with Gasteiger partial charge < -0.3 is 9.47 Å². The van der Waals surface area contributed by atoms with Crippen LogP contribution in [-0.2, 0) is 4.79 Å². The highest BCUT2D eigenvalue weighted by Gasteiger charge is 2.30. The monoisotopic (exact) mass is 360 g/mol. The minimum Gasteiger partial charge on any atom is -0.493 e. The number of para-hydroxylation sites is 2. The number of fused-ring (bicyclic) bond motifs is 1. The van der Waals surface area contributed by atoms with Gasteiger partial charge in [-0.25, -0.2) is 0 Å². The van der Waals surface area contributed by atoms with Gasteiger partial charge in [0.25, 0.3) is 5.91 Å². The average molecular weight is 360 g/mol. The van der Waals surface area contributed by atoms with Gasteiger partial charge in [0, 0.05) is 5.56 Å². The van der Waals surface area contributed by atoms with Crippen LogP contribution < -0.4 is 14.5 Å². The van der Waals surface area contributed by atoms with Crippen molar-refractivity contribution in [2.45, 2.75) is 20.0 Å². The molecule has 0 radical (unpaired) electrons. The number of nitrogens with zero attached hydrogens (tertiary/aromatic N) is 2. The smallest absolute Gasteiger partial charge is 0.280 e. The fourth-order valence-corrected chi connectivity index (χ4v) is 3.23. The van der Waals surface area contributed by atoms with Crippen molar-refractivity contribution in [3.63, 3.8) is 0 Å². The van der Waals surface area contributed by atoms with Gasteiger partial charge in [0.2, 0.25) is 0 Å². The molecule has 0 bridgehead atoms. The maximum absolute atomic E-state index is 12.9. The standard InChI is InChI=1S/C22H20N2O3/c1-14-19(22(25)24(23-14)18-9-5-4-6-10-18)13-17-12-16-8-7-11-20(26-3)21(16)27-15(17)2/h4-13,15H,1-3H3. The van der Waals surface area contributed by atoms with E-state index in [9.17, 15) is 4.79 Å². The minimum atomic E-state index is -0.201. The molecule has 0 saturated carbocycles. The van der Waals surface area contributed by atoms with Gasteiger partial charge in [0.1, 0.15) is 6.10 Å². The van der Waals surface area contributed by atoms with Crippen molar-refractivity contribution in [3.05, 3.63) is 71.3 Å².